The van der Waals surface area contributed by atoms with Crippen molar-refractivity contribution in [3.05, 3.63) is 65.6 Å². The van der Waals surface area contributed by atoms with Gasteiger partial charge in [0.15, 0.2) is 0 Å². The molecule has 144 valence electrons. The SMILES string of the molecule is Cc1c(-c2ccccc2)sc(NC(=O)c2ccoc2)c1C(=O)N1CCOCC1. The number of morpholine rings is 1. The number of anilines is 1. The van der Waals surface area contributed by atoms with Gasteiger partial charge in [0.05, 0.1) is 30.6 Å². The molecule has 0 bridgehead atoms. The molecule has 1 aliphatic heterocycles. The largest absolute Gasteiger partial charge is 0.472 e. The van der Waals surface area contributed by atoms with Crippen molar-refractivity contribution in [2.45, 2.75) is 6.92 Å². The highest BCUT2D eigenvalue weighted by Crippen LogP contribution is 2.40. The Hall–Kier alpha value is -2.90. The summed E-state index contributed by atoms with van der Waals surface area (Å²) >= 11 is 1.42. The van der Waals surface area contributed by atoms with E-state index in [4.69, 9.17) is 9.15 Å². The molecule has 6 nitrogen and oxygen atoms in total. The van der Waals surface area contributed by atoms with Crippen molar-refractivity contribution >= 4 is 28.2 Å². The van der Waals surface area contributed by atoms with E-state index in [0.29, 0.717) is 42.4 Å². The van der Waals surface area contributed by atoms with Crippen LogP contribution in [0.5, 0.6) is 0 Å². The van der Waals surface area contributed by atoms with Crippen LogP contribution in [0.4, 0.5) is 5.00 Å². The normalized spacial score (nSPS) is 14.1. The molecule has 2 amide bonds. The van der Waals surface area contributed by atoms with Crippen LogP contribution in [0.25, 0.3) is 10.4 Å². The standard InChI is InChI=1S/C21H20N2O4S/c1-14-17(21(25)23-8-11-26-12-9-23)20(22-19(24)16-7-10-27-13-16)28-18(14)15-5-3-2-4-6-15/h2-7,10,13H,8-9,11-12H2,1H3,(H,22,24). The first-order valence-electron chi connectivity index (χ1n) is 9.04. The van der Waals surface area contributed by atoms with E-state index in [-0.39, 0.29) is 11.8 Å². The summed E-state index contributed by atoms with van der Waals surface area (Å²) in [5.74, 6) is -0.382. The van der Waals surface area contributed by atoms with Gasteiger partial charge in [0.2, 0.25) is 0 Å². The third-order valence-corrected chi connectivity index (χ3v) is 5.96. The Morgan fingerprint density at radius 2 is 1.86 bits per heavy atom. The Kier molecular flexibility index (Phi) is 5.27. The number of amides is 2. The van der Waals surface area contributed by atoms with Gasteiger partial charge in [0.25, 0.3) is 11.8 Å². The van der Waals surface area contributed by atoms with Crippen LogP contribution >= 0.6 is 11.3 Å². The molecule has 0 radical (unpaired) electrons. The van der Waals surface area contributed by atoms with Crippen LogP contribution in [0.3, 0.4) is 0 Å². The van der Waals surface area contributed by atoms with Crippen molar-refractivity contribution in [1.82, 2.24) is 4.90 Å². The van der Waals surface area contributed by atoms with Gasteiger partial charge in [-0.1, -0.05) is 30.3 Å². The molecule has 0 aliphatic carbocycles. The van der Waals surface area contributed by atoms with E-state index in [0.717, 1.165) is 16.0 Å². The second-order valence-corrected chi connectivity index (χ2v) is 7.52. The van der Waals surface area contributed by atoms with Crippen LogP contribution in [0, 0.1) is 6.92 Å². The zero-order chi connectivity index (χ0) is 19.5. The second kappa shape index (κ2) is 8.00. The van der Waals surface area contributed by atoms with Crippen molar-refractivity contribution in [1.29, 1.82) is 0 Å². The maximum Gasteiger partial charge on any atom is 0.259 e. The molecule has 0 unspecified atom stereocenters. The van der Waals surface area contributed by atoms with Crippen molar-refractivity contribution in [3.63, 3.8) is 0 Å². The summed E-state index contributed by atoms with van der Waals surface area (Å²) < 4.78 is 10.4. The van der Waals surface area contributed by atoms with Gasteiger partial charge in [-0.25, -0.2) is 0 Å². The van der Waals surface area contributed by atoms with E-state index in [2.05, 4.69) is 5.32 Å². The maximum absolute atomic E-state index is 13.3. The molecule has 0 spiro atoms. The second-order valence-electron chi connectivity index (χ2n) is 6.50. The van der Waals surface area contributed by atoms with Crippen LogP contribution in [0.15, 0.2) is 53.3 Å². The van der Waals surface area contributed by atoms with E-state index in [1.165, 1.54) is 23.9 Å². The number of furan rings is 1. The molecule has 1 saturated heterocycles. The molecule has 28 heavy (non-hydrogen) atoms. The molecule has 2 aromatic heterocycles. The first-order valence-corrected chi connectivity index (χ1v) is 9.86. The topological polar surface area (TPSA) is 71.8 Å². The van der Waals surface area contributed by atoms with E-state index < -0.39 is 0 Å². The number of thiophene rings is 1. The highest BCUT2D eigenvalue weighted by atomic mass is 32.1. The summed E-state index contributed by atoms with van der Waals surface area (Å²) in [5, 5.41) is 3.46. The number of hydrogen-bond acceptors (Lipinski definition) is 5. The minimum atomic E-state index is -0.300. The van der Waals surface area contributed by atoms with Gasteiger partial charge in [0.1, 0.15) is 11.3 Å². The fourth-order valence-electron chi connectivity index (χ4n) is 3.22. The number of carbonyl (C=O) groups excluding carboxylic acids is 2. The molecule has 0 atom stereocenters. The van der Waals surface area contributed by atoms with Gasteiger partial charge in [-0.15, -0.1) is 11.3 Å². The highest BCUT2D eigenvalue weighted by Gasteiger charge is 2.28. The van der Waals surface area contributed by atoms with Crippen LogP contribution in [0.1, 0.15) is 26.3 Å². The Morgan fingerprint density at radius 3 is 2.54 bits per heavy atom. The van der Waals surface area contributed by atoms with Crippen LogP contribution in [-0.2, 0) is 4.74 Å². The average molecular weight is 396 g/mol. The Bertz CT molecular complexity index is 974. The summed E-state index contributed by atoms with van der Waals surface area (Å²) in [4.78, 5) is 28.6. The quantitative estimate of drug-likeness (QED) is 0.722. The summed E-state index contributed by atoms with van der Waals surface area (Å²) in [7, 11) is 0. The Labute approximate surface area is 166 Å². The van der Waals surface area contributed by atoms with Crippen molar-refractivity contribution in [2.75, 3.05) is 31.6 Å². The molecule has 1 aromatic carbocycles. The van der Waals surface area contributed by atoms with Crippen LogP contribution in [0.2, 0.25) is 0 Å². The third kappa shape index (κ3) is 3.58. The van der Waals surface area contributed by atoms with Gasteiger partial charge >= 0.3 is 0 Å². The van der Waals surface area contributed by atoms with Crippen molar-refractivity contribution < 1.29 is 18.7 Å². The summed E-state index contributed by atoms with van der Waals surface area (Å²) in [5.41, 5.74) is 2.85. The van der Waals surface area contributed by atoms with E-state index in [1.807, 2.05) is 37.3 Å². The summed E-state index contributed by atoms with van der Waals surface area (Å²) in [6, 6.07) is 11.5. The minimum absolute atomic E-state index is 0.0817. The predicted octanol–water partition coefficient (Wildman–Crippen LogP) is 4.04. The molecule has 3 heterocycles. The van der Waals surface area contributed by atoms with Gasteiger partial charge in [-0.3, -0.25) is 9.59 Å². The van der Waals surface area contributed by atoms with Gasteiger partial charge < -0.3 is 19.4 Å². The van der Waals surface area contributed by atoms with Gasteiger partial charge in [-0.2, -0.15) is 0 Å². The Morgan fingerprint density at radius 1 is 1.11 bits per heavy atom. The molecular formula is C21H20N2O4S. The fourth-order valence-corrected chi connectivity index (χ4v) is 4.42. The van der Waals surface area contributed by atoms with Gasteiger partial charge in [-0.05, 0) is 24.1 Å². The molecule has 1 aliphatic rings. The lowest BCUT2D eigenvalue weighted by Crippen LogP contribution is -2.41. The summed E-state index contributed by atoms with van der Waals surface area (Å²) in [6.45, 7) is 4.07. The fraction of sp³-hybridized carbons (Fsp3) is 0.238. The number of benzene rings is 1. The first kappa shape index (κ1) is 18.5. The molecule has 4 rings (SSSR count). The first-order chi connectivity index (χ1) is 13.6. The van der Waals surface area contributed by atoms with Crippen LogP contribution in [-0.4, -0.2) is 43.0 Å². The lowest BCUT2D eigenvalue weighted by atomic mass is 10.1. The predicted molar refractivity (Wildman–Crippen MR) is 108 cm³/mol. The molecule has 1 fully saturated rings. The lowest BCUT2D eigenvalue weighted by Gasteiger charge is -2.27. The lowest BCUT2D eigenvalue weighted by molar-refractivity contribution is 0.0303. The minimum Gasteiger partial charge on any atom is -0.472 e. The third-order valence-electron chi connectivity index (χ3n) is 4.71. The molecular weight excluding hydrogens is 376 g/mol. The number of nitrogens with zero attached hydrogens (tertiary/aromatic N) is 1. The van der Waals surface area contributed by atoms with Crippen molar-refractivity contribution in [2.24, 2.45) is 0 Å². The average Bonchev–Trinajstić information content (AvgIpc) is 3.37. The van der Waals surface area contributed by atoms with Gasteiger partial charge in [0, 0.05) is 18.0 Å². The smallest absolute Gasteiger partial charge is 0.259 e. The van der Waals surface area contributed by atoms with E-state index in [9.17, 15) is 9.59 Å². The van der Waals surface area contributed by atoms with Crippen molar-refractivity contribution in [3.8, 4) is 10.4 Å². The number of rotatable bonds is 4. The maximum atomic E-state index is 13.3. The van der Waals surface area contributed by atoms with Crippen LogP contribution < -0.4 is 5.32 Å². The molecule has 3 aromatic rings. The monoisotopic (exact) mass is 396 g/mol. The molecule has 1 N–H and O–H groups in total. The number of hydrogen-bond donors (Lipinski definition) is 1. The number of ether oxygens (including phenoxy) is 1. The number of nitrogens with one attached hydrogen (secondary N) is 1. The van der Waals surface area contributed by atoms with E-state index >= 15 is 0 Å². The Balaban J connectivity index is 1.74. The molecule has 7 heteroatoms. The number of carbonyl (C=O) groups is 2. The molecule has 0 saturated carbocycles. The summed E-state index contributed by atoms with van der Waals surface area (Å²) in [6.07, 6.45) is 2.83. The zero-order valence-corrected chi connectivity index (χ0v) is 16.3. The zero-order valence-electron chi connectivity index (χ0n) is 15.4. The van der Waals surface area contributed by atoms with E-state index in [1.54, 1.807) is 11.0 Å². The highest BCUT2D eigenvalue weighted by molar-refractivity contribution is 7.20.